The van der Waals surface area contributed by atoms with Crippen LogP contribution < -0.4 is 5.32 Å². The number of alkyl halides is 1. The van der Waals surface area contributed by atoms with Crippen molar-refractivity contribution in [3.05, 3.63) is 35.9 Å². The Morgan fingerprint density at radius 2 is 2.00 bits per heavy atom. The van der Waals surface area contributed by atoms with Crippen LogP contribution in [-0.2, 0) is 16.1 Å². The van der Waals surface area contributed by atoms with E-state index in [4.69, 9.17) is 21.1 Å². The Kier molecular flexibility index (Phi) is 5.05. The smallest absolute Gasteiger partial charge is 0.407 e. The zero-order chi connectivity index (χ0) is 13.6. The molecule has 0 aromatic heterocycles. The lowest BCUT2D eigenvalue weighted by Crippen LogP contribution is -2.42. The van der Waals surface area contributed by atoms with Crippen molar-refractivity contribution in [1.29, 1.82) is 0 Å². The molecule has 1 aromatic carbocycles. The van der Waals surface area contributed by atoms with Crippen molar-refractivity contribution >= 4 is 17.7 Å². The summed E-state index contributed by atoms with van der Waals surface area (Å²) in [6, 6.07) is 9.56. The highest BCUT2D eigenvalue weighted by atomic mass is 35.5. The van der Waals surface area contributed by atoms with Gasteiger partial charge in [-0.15, -0.1) is 11.6 Å². The molecule has 0 atom stereocenters. The van der Waals surface area contributed by atoms with Gasteiger partial charge in [0, 0.05) is 19.8 Å². The number of alkyl carbamates (subject to hydrolysis) is 1. The Morgan fingerprint density at radius 3 is 2.68 bits per heavy atom. The largest absolute Gasteiger partial charge is 0.445 e. The number of carbonyl (C=O) groups is 1. The van der Waals surface area contributed by atoms with Gasteiger partial charge in [0.05, 0.1) is 4.87 Å². The van der Waals surface area contributed by atoms with Gasteiger partial charge in [-0.25, -0.2) is 4.79 Å². The molecule has 1 aliphatic heterocycles. The zero-order valence-corrected chi connectivity index (χ0v) is 11.5. The molecule has 1 N–H and O–H groups in total. The molecule has 19 heavy (non-hydrogen) atoms. The van der Waals surface area contributed by atoms with Crippen molar-refractivity contribution in [1.82, 2.24) is 5.32 Å². The van der Waals surface area contributed by atoms with Gasteiger partial charge in [-0.1, -0.05) is 30.3 Å². The van der Waals surface area contributed by atoms with Gasteiger partial charge < -0.3 is 14.8 Å². The fourth-order valence-corrected chi connectivity index (χ4v) is 2.14. The molecule has 2 rings (SSSR count). The molecule has 1 aliphatic rings. The molecule has 1 heterocycles. The van der Waals surface area contributed by atoms with Crippen LogP contribution in [0.5, 0.6) is 0 Å². The van der Waals surface area contributed by atoms with E-state index in [-0.39, 0.29) is 6.61 Å². The van der Waals surface area contributed by atoms with Gasteiger partial charge in [-0.3, -0.25) is 0 Å². The summed E-state index contributed by atoms with van der Waals surface area (Å²) >= 11 is 6.39. The SMILES string of the molecule is O=C(NCC1(Cl)CCOCC1)OCc1ccccc1. The summed E-state index contributed by atoms with van der Waals surface area (Å²) in [6.07, 6.45) is 1.05. The molecular weight excluding hydrogens is 266 g/mol. The highest BCUT2D eigenvalue weighted by Gasteiger charge is 2.30. The van der Waals surface area contributed by atoms with Gasteiger partial charge in [-0.2, -0.15) is 0 Å². The summed E-state index contributed by atoms with van der Waals surface area (Å²) in [6.45, 7) is 1.96. The maximum absolute atomic E-state index is 11.6. The van der Waals surface area contributed by atoms with E-state index in [1.165, 1.54) is 0 Å². The zero-order valence-electron chi connectivity index (χ0n) is 10.7. The minimum atomic E-state index is -0.435. The van der Waals surface area contributed by atoms with Crippen LogP contribution in [0.15, 0.2) is 30.3 Å². The van der Waals surface area contributed by atoms with Crippen molar-refractivity contribution < 1.29 is 14.3 Å². The van der Waals surface area contributed by atoms with Crippen LogP contribution in [0, 0.1) is 0 Å². The van der Waals surface area contributed by atoms with E-state index in [1.54, 1.807) is 0 Å². The predicted molar refractivity (Wildman–Crippen MR) is 73.3 cm³/mol. The van der Waals surface area contributed by atoms with Crippen LogP contribution in [0.4, 0.5) is 4.79 Å². The Labute approximate surface area is 118 Å². The lowest BCUT2D eigenvalue weighted by molar-refractivity contribution is 0.0736. The Hall–Kier alpha value is -1.26. The average Bonchev–Trinajstić information content (AvgIpc) is 2.45. The Morgan fingerprint density at radius 1 is 1.32 bits per heavy atom. The van der Waals surface area contributed by atoms with E-state index >= 15 is 0 Å². The number of amides is 1. The van der Waals surface area contributed by atoms with E-state index in [0.717, 1.165) is 18.4 Å². The minimum absolute atomic E-state index is 0.269. The first-order valence-corrected chi connectivity index (χ1v) is 6.77. The first kappa shape index (κ1) is 14.2. The molecule has 0 spiro atoms. The van der Waals surface area contributed by atoms with Crippen LogP contribution in [0.3, 0.4) is 0 Å². The van der Waals surface area contributed by atoms with E-state index in [0.29, 0.717) is 19.8 Å². The fraction of sp³-hybridized carbons (Fsp3) is 0.500. The van der Waals surface area contributed by atoms with E-state index in [2.05, 4.69) is 5.32 Å². The van der Waals surface area contributed by atoms with Crippen molar-refractivity contribution in [2.24, 2.45) is 0 Å². The molecular formula is C14H18ClNO3. The van der Waals surface area contributed by atoms with Crippen molar-refractivity contribution in [3.63, 3.8) is 0 Å². The third-order valence-corrected chi connectivity index (χ3v) is 3.66. The predicted octanol–water partition coefficient (Wildman–Crippen LogP) is 2.70. The highest BCUT2D eigenvalue weighted by molar-refractivity contribution is 6.24. The second kappa shape index (κ2) is 6.78. The van der Waals surface area contributed by atoms with E-state index in [9.17, 15) is 4.79 Å². The number of ether oxygens (including phenoxy) is 2. The van der Waals surface area contributed by atoms with Crippen LogP contribution >= 0.6 is 11.6 Å². The van der Waals surface area contributed by atoms with Gasteiger partial charge in [0.25, 0.3) is 0 Å². The van der Waals surface area contributed by atoms with Gasteiger partial charge in [0.2, 0.25) is 0 Å². The second-order valence-corrected chi connectivity index (χ2v) is 5.48. The van der Waals surface area contributed by atoms with Crippen LogP contribution in [-0.4, -0.2) is 30.7 Å². The monoisotopic (exact) mass is 283 g/mol. The second-order valence-electron chi connectivity index (χ2n) is 4.68. The molecule has 5 heteroatoms. The third kappa shape index (κ3) is 4.73. The lowest BCUT2D eigenvalue weighted by Gasteiger charge is -2.30. The molecule has 0 bridgehead atoms. The quantitative estimate of drug-likeness (QED) is 0.864. The maximum atomic E-state index is 11.6. The Bertz CT molecular complexity index is 404. The normalized spacial score (nSPS) is 17.7. The van der Waals surface area contributed by atoms with Crippen LogP contribution in [0.1, 0.15) is 18.4 Å². The van der Waals surface area contributed by atoms with Crippen molar-refractivity contribution in [3.8, 4) is 0 Å². The van der Waals surface area contributed by atoms with Crippen molar-refractivity contribution in [2.45, 2.75) is 24.3 Å². The summed E-state index contributed by atoms with van der Waals surface area (Å²) in [7, 11) is 0. The number of hydrogen-bond donors (Lipinski definition) is 1. The number of halogens is 1. The molecule has 0 unspecified atom stereocenters. The van der Waals surface area contributed by atoms with Crippen LogP contribution in [0.25, 0.3) is 0 Å². The number of benzene rings is 1. The molecule has 104 valence electrons. The van der Waals surface area contributed by atoms with Gasteiger partial charge in [0.1, 0.15) is 6.61 Å². The number of hydrogen-bond acceptors (Lipinski definition) is 3. The first-order chi connectivity index (χ1) is 9.18. The fourth-order valence-electron chi connectivity index (χ4n) is 1.92. The van der Waals surface area contributed by atoms with E-state index in [1.807, 2.05) is 30.3 Å². The average molecular weight is 284 g/mol. The van der Waals surface area contributed by atoms with Gasteiger partial charge in [-0.05, 0) is 18.4 Å². The molecule has 1 fully saturated rings. The summed E-state index contributed by atoms with van der Waals surface area (Å²) in [5.74, 6) is 0. The summed E-state index contributed by atoms with van der Waals surface area (Å²) in [4.78, 5) is 11.2. The van der Waals surface area contributed by atoms with Gasteiger partial charge in [0.15, 0.2) is 0 Å². The van der Waals surface area contributed by atoms with Gasteiger partial charge >= 0.3 is 6.09 Å². The minimum Gasteiger partial charge on any atom is -0.445 e. The van der Waals surface area contributed by atoms with Crippen LogP contribution in [0.2, 0.25) is 0 Å². The molecule has 0 radical (unpaired) electrons. The number of nitrogens with one attached hydrogen (secondary N) is 1. The standard InChI is InChI=1S/C14H18ClNO3/c15-14(6-8-18-9-7-14)11-16-13(17)19-10-12-4-2-1-3-5-12/h1-5H,6-11H2,(H,16,17). The highest BCUT2D eigenvalue weighted by Crippen LogP contribution is 2.27. The first-order valence-electron chi connectivity index (χ1n) is 6.39. The third-order valence-electron chi connectivity index (χ3n) is 3.15. The number of carbonyl (C=O) groups excluding carboxylic acids is 1. The molecule has 0 saturated carbocycles. The number of rotatable bonds is 4. The molecule has 1 aromatic rings. The van der Waals surface area contributed by atoms with E-state index < -0.39 is 11.0 Å². The molecule has 1 amide bonds. The summed E-state index contributed by atoms with van der Waals surface area (Å²) < 4.78 is 10.4. The lowest BCUT2D eigenvalue weighted by atomic mass is 9.99. The van der Waals surface area contributed by atoms with Crippen molar-refractivity contribution in [2.75, 3.05) is 19.8 Å². The Balaban J connectivity index is 1.70. The topological polar surface area (TPSA) is 47.6 Å². The molecule has 1 saturated heterocycles. The molecule has 0 aliphatic carbocycles. The summed E-state index contributed by atoms with van der Waals surface area (Å²) in [5, 5.41) is 2.71. The molecule has 4 nitrogen and oxygen atoms in total. The summed E-state index contributed by atoms with van der Waals surface area (Å²) in [5.41, 5.74) is 0.962. The maximum Gasteiger partial charge on any atom is 0.407 e.